The van der Waals surface area contributed by atoms with Crippen LogP contribution in [0, 0.1) is 0 Å². The van der Waals surface area contributed by atoms with Gasteiger partial charge in [0, 0.05) is 25.7 Å². The number of benzene rings is 1. The van der Waals surface area contributed by atoms with Crippen molar-refractivity contribution in [2.75, 3.05) is 17.6 Å². The largest absolute Gasteiger partial charge is 0.399 e. The maximum Gasteiger partial charge on any atom is 0.250 e. The number of hydrogen-bond donors (Lipinski definition) is 3. The number of carbonyl (C=O) groups is 1. The molecular weight excluding hydrogens is 280 g/mol. The normalized spacial score (nSPS) is 10.5. The van der Waals surface area contributed by atoms with E-state index < -0.39 is 5.91 Å². The topological polar surface area (TPSA) is 112 Å². The summed E-state index contributed by atoms with van der Waals surface area (Å²) in [6.07, 6.45) is 2.22. The minimum absolute atomic E-state index is 0.268. The third-order valence-corrected chi connectivity index (χ3v) is 2.97. The monoisotopic (exact) mass is 294 g/mol. The maximum atomic E-state index is 11.4. The molecule has 1 heterocycles. The molecule has 8 heteroatoms. The number of amides is 1. The Hall–Kier alpha value is -2.28. The lowest BCUT2D eigenvalue weighted by atomic mass is 10.1. The summed E-state index contributed by atoms with van der Waals surface area (Å²) in [7, 11) is 1.80. The molecule has 0 spiro atoms. The number of nitrogens with two attached hydrogens (primary N) is 2. The number of hydrogen-bond acceptors (Lipinski definition) is 5. The van der Waals surface area contributed by atoms with Gasteiger partial charge in [-0.15, -0.1) is 0 Å². The lowest BCUT2D eigenvalue weighted by Crippen LogP contribution is -2.16. The van der Waals surface area contributed by atoms with Gasteiger partial charge in [-0.1, -0.05) is 11.6 Å². The predicted octanol–water partition coefficient (Wildman–Crippen LogP) is 0.804. The summed E-state index contributed by atoms with van der Waals surface area (Å²) in [6.45, 7) is 0.522. The molecule has 20 heavy (non-hydrogen) atoms. The number of anilines is 2. The van der Waals surface area contributed by atoms with Crippen molar-refractivity contribution >= 4 is 28.9 Å². The highest BCUT2D eigenvalue weighted by Crippen LogP contribution is 2.28. The van der Waals surface area contributed by atoms with E-state index >= 15 is 0 Å². The highest BCUT2D eigenvalue weighted by Gasteiger charge is 2.13. The van der Waals surface area contributed by atoms with E-state index in [-0.39, 0.29) is 5.56 Å². The average molecular weight is 295 g/mol. The number of aryl methyl sites for hydroxylation is 1. The van der Waals surface area contributed by atoms with E-state index in [1.165, 1.54) is 6.07 Å². The first-order chi connectivity index (χ1) is 9.47. The first kappa shape index (κ1) is 14.1. The smallest absolute Gasteiger partial charge is 0.250 e. The fourth-order valence-corrected chi connectivity index (χ4v) is 2.09. The van der Waals surface area contributed by atoms with E-state index in [0.29, 0.717) is 35.2 Å². The van der Waals surface area contributed by atoms with Gasteiger partial charge in [-0.3, -0.25) is 9.48 Å². The van der Waals surface area contributed by atoms with Gasteiger partial charge in [0.05, 0.1) is 16.3 Å². The van der Waals surface area contributed by atoms with Gasteiger partial charge in [-0.05, 0) is 12.1 Å². The summed E-state index contributed by atoms with van der Waals surface area (Å²) in [5, 5.41) is 7.58. The number of nitrogen functional groups attached to an aromatic ring is 1. The van der Waals surface area contributed by atoms with Gasteiger partial charge < -0.3 is 16.8 Å². The van der Waals surface area contributed by atoms with Crippen molar-refractivity contribution in [2.24, 2.45) is 12.8 Å². The fourth-order valence-electron chi connectivity index (χ4n) is 1.80. The van der Waals surface area contributed by atoms with E-state index in [4.69, 9.17) is 23.1 Å². The number of halogens is 1. The quantitative estimate of drug-likeness (QED) is 0.706. The molecule has 1 amide bonds. The first-order valence-corrected chi connectivity index (χ1v) is 6.32. The molecule has 0 aliphatic heterocycles. The Kier molecular flexibility index (Phi) is 4.09. The van der Waals surface area contributed by atoms with Crippen LogP contribution in [0.15, 0.2) is 18.5 Å². The van der Waals surface area contributed by atoms with Gasteiger partial charge in [0.15, 0.2) is 5.82 Å². The molecule has 0 bridgehead atoms. The highest BCUT2D eigenvalue weighted by molar-refractivity contribution is 6.34. The predicted molar refractivity (Wildman–Crippen MR) is 77.6 cm³/mol. The van der Waals surface area contributed by atoms with E-state index in [0.717, 1.165) is 0 Å². The minimum Gasteiger partial charge on any atom is -0.399 e. The second kappa shape index (κ2) is 5.79. The summed E-state index contributed by atoms with van der Waals surface area (Å²) in [5.74, 6) is 0.116. The van der Waals surface area contributed by atoms with E-state index in [1.54, 1.807) is 24.1 Å². The van der Waals surface area contributed by atoms with Crippen molar-refractivity contribution in [1.29, 1.82) is 0 Å². The van der Waals surface area contributed by atoms with Gasteiger partial charge >= 0.3 is 0 Å². The van der Waals surface area contributed by atoms with Crippen molar-refractivity contribution in [3.05, 3.63) is 34.9 Å². The average Bonchev–Trinajstić information content (AvgIpc) is 2.77. The highest BCUT2D eigenvalue weighted by atomic mass is 35.5. The van der Waals surface area contributed by atoms with Crippen LogP contribution in [-0.4, -0.2) is 27.2 Å². The Morgan fingerprint density at radius 2 is 2.25 bits per heavy atom. The molecule has 5 N–H and O–H groups in total. The lowest BCUT2D eigenvalue weighted by Gasteiger charge is -2.12. The van der Waals surface area contributed by atoms with Crippen molar-refractivity contribution in [2.45, 2.75) is 6.42 Å². The Morgan fingerprint density at radius 3 is 2.85 bits per heavy atom. The number of nitrogens with one attached hydrogen (secondary N) is 1. The molecule has 1 aromatic carbocycles. The molecule has 2 aromatic rings. The molecule has 0 fully saturated rings. The number of rotatable bonds is 5. The van der Waals surface area contributed by atoms with Gasteiger partial charge in [-0.2, -0.15) is 5.10 Å². The molecule has 0 aliphatic rings. The van der Waals surface area contributed by atoms with Crippen LogP contribution >= 0.6 is 11.6 Å². The number of carbonyl (C=O) groups excluding carboxylic acids is 1. The lowest BCUT2D eigenvalue weighted by molar-refractivity contribution is 0.100. The van der Waals surface area contributed by atoms with Crippen LogP contribution in [0.4, 0.5) is 11.4 Å². The Morgan fingerprint density at radius 1 is 1.50 bits per heavy atom. The number of primary amides is 1. The Bertz CT molecular complexity index is 639. The fraction of sp³-hybridized carbons (Fsp3) is 0.250. The molecule has 2 rings (SSSR count). The van der Waals surface area contributed by atoms with Crippen LogP contribution in [0.3, 0.4) is 0 Å². The zero-order valence-electron chi connectivity index (χ0n) is 10.9. The zero-order chi connectivity index (χ0) is 14.7. The number of aromatic nitrogens is 3. The molecule has 0 atom stereocenters. The molecular formula is C12H15ClN6O. The van der Waals surface area contributed by atoms with E-state index in [2.05, 4.69) is 15.4 Å². The Labute approximate surface area is 120 Å². The van der Waals surface area contributed by atoms with Crippen molar-refractivity contribution < 1.29 is 4.79 Å². The minimum atomic E-state index is -0.585. The van der Waals surface area contributed by atoms with Crippen molar-refractivity contribution in [3.63, 3.8) is 0 Å². The summed E-state index contributed by atoms with van der Waals surface area (Å²) < 4.78 is 1.63. The third kappa shape index (κ3) is 3.18. The summed E-state index contributed by atoms with van der Waals surface area (Å²) in [6, 6.07) is 3.06. The maximum absolute atomic E-state index is 11.4. The third-order valence-electron chi connectivity index (χ3n) is 2.68. The van der Waals surface area contributed by atoms with Crippen LogP contribution in [0.25, 0.3) is 0 Å². The van der Waals surface area contributed by atoms with Gasteiger partial charge in [0.25, 0.3) is 5.91 Å². The van der Waals surface area contributed by atoms with Crippen molar-refractivity contribution in [1.82, 2.24) is 14.8 Å². The molecule has 0 saturated heterocycles. The summed E-state index contributed by atoms with van der Waals surface area (Å²) in [4.78, 5) is 15.5. The van der Waals surface area contributed by atoms with Crippen LogP contribution in [0.2, 0.25) is 5.02 Å². The van der Waals surface area contributed by atoms with Crippen molar-refractivity contribution in [3.8, 4) is 0 Å². The van der Waals surface area contributed by atoms with Gasteiger partial charge in [0.2, 0.25) is 0 Å². The molecule has 1 aromatic heterocycles. The molecule has 0 unspecified atom stereocenters. The molecule has 0 aliphatic carbocycles. The molecule has 0 saturated carbocycles. The SMILES string of the molecule is Cn1cnc(CCNc2c(Cl)cc(N)cc2C(N)=O)n1. The van der Waals surface area contributed by atoms with E-state index in [1.807, 2.05) is 0 Å². The standard InChI is InChI=1S/C12H15ClN6O/c1-19-6-17-10(18-19)2-3-16-11-8(12(15)20)4-7(14)5-9(11)13/h4-6,16H,2-3,14H2,1H3,(H2,15,20). The van der Waals surface area contributed by atoms with Gasteiger partial charge in [0.1, 0.15) is 6.33 Å². The molecule has 7 nitrogen and oxygen atoms in total. The van der Waals surface area contributed by atoms with Crippen LogP contribution in [-0.2, 0) is 13.5 Å². The Balaban J connectivity index is 2.10. The first-order valence-electron chi connectivity index (χ1n) is 5.94. The molecule has 0 radical (unpaired) electrons. The van der Waals surface area contributed by atoms with Crippen LogP contribution in [0.1, 0.15) is 16.2 Å². The van der Waals surface area contributed by atoms with E-state index in [9.17, 15) is 4.79 Å². The summed E-state index contributed by atoms with van der Waals surface area (Å²) >= 11 is 6.08. The summed E-state index contributed by atoms with van der Waals surface area (Å²) in [5.41, 5.74) is 12.1. The van der Waals surface area contributed by atoms with Crippen LogP contribution < -0.4 is 16.8 Å². The van der Waals surface area contributed by atoms with Crippen LogP contribution in [0.5, 0.6) is 0 Å². The van der Waals surface area contributed by atoms with Gasteiger partial charge in [-0.25, -0.2) is 4.98 Å². The number of nitrogens with zero attached hydrogens (tertiary/aromatic N) is 3. The second-order valence-corrected chi connectivity index (χ2v) is 4.71. The zero-order valence-corrected chi connectivity index (χ0v) is 11.7. The molecule has 106 valence electrons. The second-order valence-electron chi connectivity index (χ2n) is 4.30.